The lowest BCUT2D eigenvalue weighted by Crippen LogP contribution is -2.38. The van der Waals surface area contributed by atoms with E-state index in [2.05, 4.69) is 31.0 Å². The van der Waals surface area contributed by atoms with Crippen LogP contribution in [-0.4, -0.2) is 24.1 Å². The second-order valence-corrected chi connectivity index (χ2v) is 7.79. The fourth-order valence-electron chi connectivity index (χ4n) is 3.26. The van der Waals surface area contributed by atoms with Crippen molar-refractivity contribution in [1.82, 2.24) is 10.3 Å². The topological polar surface area (TPSA) is 28.2 Å². The van der Waals surface area contributed by atoms with E-state index < -0.39 is 0 Å². The van der Waals surface area contributed by atoms with E-state index in [0.717, 1.165) is 30.8 Å². The van der Waals surface area contributed by atoms with Crippen LogP contribution in [-0.2, 0) is 13.0 Å². The van der Waals surface area contributed by atoms with Crippen molar-refractivity contribution in [3.05, 3.63) is 10.6 Å². The number of nitrogens with zero attached hydrogens (tertiary/aromatic N) is 2. The monoisotopic (exact) mass is 293 g/mol. The molecule has 1 saturated carbocycles. The molecule has 2 aliphatic rings. The van der Waals surface area contributed by atoms with Gasteiger partial charge in [0.25, 0.3) is 0 Å². The first-order valence-electron chi connectivity index (χ1n) is 8.12. The highest BCUT2D eigenvalue weighted by Crippen LogP contribution is 2.32. The molecule has 2 atom stereocenters. The third-order valence-electron chi connectivity index (χ3n) is 4.37. The van der Waals surface area contributed by atoms with E-state index >= 15 is 0 Å². The highest BCUT2D eigenvalue weighted by molar-refractivity contribution is 7.15. The Balaban J connectivity index is 1.71. The van der Waals surface area contributed by atoms with E-state index in [1.165, 1.54) is 48.1 Å². The molecule has 0 aromatic carbocycles. The number of piperidine rings is 1. The highest BCUT2D eigenvalue weighted by atomic mass is 32.1. The number of anilines is 1. The predicted molar refractivity (Wildman–Crippen MR) is 86.5 cm³/mol. The minimum absolute atomic E-state index is 0.778. The molecular formula is C16H27N3S. The predicted octanol–water partition coefficient (Wildman–Crippen LogP) is 3.44. The molecule has 2 unspecified atom stereocenters. The van der Waals surface area contributed by atoms with Gasteiger partial charge in [0, 0.05) is 30.6 Å². The average molecular weight is 293 g/mol. The zero-order chi connectivity index (χ0) is 14.1. The van der Waals surface area contributed by atoms with Crippen LogP contribution >= 0.6 is 11.3 Å². The van der Waals surface area contributed by atoms with Gasteiger partial charge in [0.1, 0.15) is 0 Å². The van der Waals surface area contributed by atoms with Crippen LogP contribution in [0.15, 0.2) is 0 Å². The molecule has 20 heavy (non-hydrogen) atoms. The maximum atomic E-state index is 4.92. The number of aromatic nitrogens is 1. The van der Waals surface area contributed by atoms with Crippen LogP contribution in [0.1, 0.15) is 50.6 Å². The summed E-state index contributed by atoms with van der Waals surface area (Å²) in [5, 5.41) is 4.89. The lowest BCUT2D eigenvalue weighted by atomic mass is 9.92. The van der Waals surface area contributed by atoms with Crippen LogP contribution in [0.3, 0.4) is 0 Å². The third kappa shape index (κ3) is 3.34. The minimum Gasteiger partial charge on any atom is -0.348 e. The van der Waals surface area contributed by atoms with E-state index in [0.29, 0.717) is 0 Å². The zero-order valence-electron chi connectivity index (χ0n) is 13.0. The maximum Gasteiger partial charge on any atom is 0.185 e. The molecule has 1 aromatic rings. The summed E-state index contributed by atoms with van der Waals surface area (Å²) in [5.41, 5.74) is 1.31. The van der Waals surface area contributed by atoms with Crippen LogP contribution in [0.2, 0.25) is 0 Å². The van der Waals surface area contributed by atoms with E-state index in [1.807, 2.05) is 11.3 Å². The second-order valence-electron chi connectivity index (χ2n) is 6.73. The van der Waals surface area contributed by atoms with E-state index in [4.69, 9.17) is 4.98 Å². The molecule has 0 spiro atoms. The quantitative estimate of drug-likeness (QED) is 0.901. The van der Waals surface area contributed by atoms with Gasteiger partial charge < -0.3 is 10.2 Å². The largest absolute Gasteiger partial charge is 0.348 e. The van der Waals surface area contributed by atoms with Gasteiger partial charge in [-0.05, 0) is 37.5 Å². The van der Waals surface area contributed by atoms with Gasteiger partial charge in [-0.15, -0.1) is 11.3 Å². The Morgan fingerprint density at radius 1 is 1.25 bits per heavy atom. The molecule has 2 fully saturated rings. The van der Waals surface area contributed by atoms with Crippen molar-refractivity contribution < 1.29 is 0 Å². The third-order valence-corrected chi connectivity index (χ3v) is 5.53. The molecule has 0 radical (unpaired) electrons. The Labute approximate surface area is 126 Å². The zero-order valence-corrected chi connectivity index (χ0v) is 13.8. The molecular weight excluding hydrogens is 266 g/mol. The summed E-state index contributed by atoms with van der Waals surface area (Å²) in [5.74, 6) is 1.58. The fraction of sp³-hybridized carbons (Fsp3) is 0.812. The SMILES string of the molecule is CCc1nc(N2CC(C)CC(C)C2)sc1CNC1CC1. The molecule has 3 nitrogen and oxygen atoms in total. The number of hydrogen-bond donors (Lipinski definition) is 1. The number of thiazole rings is 1. The molecule has 2 heterocycles. The Hall–Kier alpha value is -0.610. The van der Waals surface area contributed by atoms with E-state index in [1.54, 1.807) is 0 Å². The van der Waals surface area contributed by atoms with Gasteiger partial charge in [-0.1, -0.05) is 20.8 Å². The summed E-state index contributed by atoms with van der Waals surface area (Å²) in [6, 6.07) is 0.778. The summed E-state index contributed by atoms with van der Waals surface area (Å²) in [4.78, 5) is 8.90. The van der Waals surface area contributed by atoms with Crippen LogP contribution in [0, 0.1) is 11.8 Å². The normalized spacial score (nSPS) is 27.1. The van der Waals surface area contributed by atoms with Crippen LogP contribution in [0.5, 0.6) is 0 Å². The second kappa shape index (κ2) is 6.02. The van der Waals surface area contributed by atoms with Gasteiger partial charge in [0.05, 0.1) is 5.69 Å². The van der Waals surface area contributed by atoms with Gasteiger partial charge in [0.15, 0.2) is 5.13 Å². The number of aryl methyl sites for hydroxylation is 1. The molecule has 1 saturated heterocycles. The fourth-order valence-corrected chi connectivity index (χ4v) is 4.38. The molecule has 0 amide bonds. The van der Waals surface area contributed by atoms with Crippen molar-refractivity contribution >= 4 is 16.5 Å². The van der Waals surface area contributed by atoms with Gasteiger partial charge in [0.2, 0.25) is 0 Å². The van der Waals surface area contributed by atoms with E-state index in [-0.39, 0.29) is 0 Å². The van der Waals surface area contributed by atoms with Crippen molar-refractivity contribution in [2.75, 3.05) is 18.0 Å². The highest BCUT2D eigenvalue weighted by Gasteiger charge is 2.26. The minimum atomic E-state index is 0.778. The average Bonchev–Trinajstić information content (AvgIpc) is 3.14. The van der Waals surface area contributed by atoms with Gasteiger partial charge >= 0.3 is 0 Å². The smallest absolute Gasteiger partial charge is 0.185 e. The summed E-state index contributed by atoms with van der Waals surface area (Å²) in [7, 11) is 0. The van der Waals surface area contributed by atoms with Crippen LogP contribution in [0.25, 0.3) is 0 Å². The van der Waals surface area contributed by atoms with Crippen LogP contribution < -0.4 is 10.2 Å². The number of hydrogen-bond acceptors (Lipinski definition) is 4. The van der Waals surface area contributed by atoms with Crippen molar-refractivity contribution in [3.8, 4) is 0 Å². The van der Waals surface area contributed by atoms with Gasteiger partial charge in [-0.3, -0.25) is 0 Å². The number of rotatable bonds is 5. The van der Waals surface area contributed by atoms with Gasteiger partial charge in [-0.2, -0.15) is 0 Å². The standard InChI is InChI=1S/C16H27N3S/c1-4-14-15(8-17-13-5-6-13)20-16(18-14)19-9-11(2)7-12(3)10-19/h11-13,17H,4-10H2,1-3H3. The van der Waals surface area contributed by atoms with E-state index in [9.17, 15) is 0 Å². The number of nitrogens with one attached hydrogen (secondary N) is 1. The Bertz CT molecular complexity index is 443. The lowest BCUT2D eigenvalue weighted by molar-refractivity contribution is 0.356. The molecule has 1 N–H and O–H groups in total. The summed E-state index contributed by atoms with van der Waals surface area (Å²) < 4.78 is 0. The molecule has 4 heteroatoms. The van der Waals surface area contributed by atoms with Crippen molar-refractivity contribution in [2.24, 2.45) is 11.8 Å². The summed E-state index contributed by atoms with van der Waals surface area (Å²) in [6.45, 7) is 10.3. The molecule has 3 rings (SSSR count). The molecule has 1 aliphatic carbocycles. The first-order valence-corrected chi connectivity index (χ1v) is 8.94. The first kappa shape index (κ1) is 14.3. The first-order chi connectivity index (χ1) is 9.65. The van der Waals surface area contributed by atoms with Crippen molar-refractivity contribution in [2.45, 2.75) is 59.0 Å². The molecule has 112 valence electrons. The summed E-state index contributed by atoms with van der Waals surface area (Å²) >= 11 is 1.92. The Morgan fingerprint density at radius 3 is 2.55 bits per heavy atom. The van der Waals surface area contributed by atoms with Crippen LogP contribution in [0.4, 0.5) is 5.13 Å². The molecule has 0 bridgehead atoms. The Morgan fingerprint density at radius 2 is 1.95 bits per heavy atom. The van der Waals surface area contributed by atoms with Gasteiger partial charge in [-0.25, -0.2) is 4.98 Å². The van der Waals surface area contributed by atoms with Crippen molar-refractivity contribution in [1.29, 1.82) is 0 Å². The molecule has 1 aromatic heterocycles. The maximum absolute atomic E-state index is 4.92. The lowest BCUT2D eigenvalue weighted by Gasteiger charge is -2.34. The Kier molecular flexibility index (Phi) is 4.32. The van der Waals surface area contributed by atoms with Crippen molar-refractivity contribution in [3.63, 3.8) is 0 Å². The molecule has 1 aliphatic heterocycles. The summed E-state index contributed by atoms with van der Waals surface area (Å²) in [6.07, 6.45) is 5.12.